The normalized spacial score (nSPS) is 12.8. The SMILES string of the molecule is OC(c1cnc2ccccc2n1)c1cscc1Br. The third kappa shape index (κ3) is 2.05. The Labute approximate surface area is 116 Å². The lowest BCUT2D eigenvalue weighted by atomic mass is 10.1. The summed E-state index contributed by atoms with van der Waals surface area (Å²) in [7, 11) is 0. The van der Waals surface area contributed by atoms with E-state index in [1.165, 1.54) is 11.3 Å². The number of fused-ring (bicyclic) bond motifs is 1. The standard InChI is InChI=1S/C13H9BrN2OS/c14-9-7-18-6-8(9)13(17)12-5-15-10-3-1-2-4-11(10)16-12/h1-7,13,17H. The summed E-state index contributed by atoms with van der Waals surface area (Å²) in [6.07, 6.45) is 0.875. The van der Waals surface area contributed by atoms with Crippen LogP contribution in [-0.4, -0.2) is 15.1 Å². The molecule has 0 aliphatic carbocycles. The number of hydrogen-bond donors (Lipinski definition) is 1. The van der Waals surface area contributed by atoms with Crippen LogP contribution in [0.4, 0.5) is 0 Å². The van der Waals surface area contributed by atoms with Gasteiger partial charge in [0.05, 0.1) is 22.9 Å². The number of para-hydroxylation sites is 2. The number of benzene rings is 1. The summed E-state index contributed by atoms with van der Waals surface area (Å²) in [5.41, 5.74) is 3.01. The second-order valence-electron chi connectivity index (χ2n) is 3.86. The van der Waals surface area contributed by atoms with E-state index in [0.29, 0.717) is 5.69 Å². The smallest absolute Gasteiger partial charge is 0.124 e. The van der Waals surface area contributed by atoms with Crippen LogP contribution in [0.15, 0.2) is 45.7 Å². The summed E-state index contributed by atoms with van der Waals surface area (Å²) in [6.45, 7) is 0. The topological polar surface area (TPSA) is 46.0 Å². The van der Waals surface area contributed by atoms with Crippen LogP contribution in [0, 0.1) is 0 Å². The molecule has 90 valence electrons. The quantitative estimate of drug-likeness (QED) is 0.785. The molecule has 2 aromatic heterocycles. The number of aliphatic hydroxyl groups excluding tert-OH is 1. The van der Waals surface area contributed by atoms with E-state index in [4.69, 9.17) is 0 Å². The van der Waals surface area contributed by atoms with Gasteiger partial charge >= 0.3 is 0 Å². The van der Waals surface area contributed by atoms with E-state index in [2.05, 4.69) is 25.9 Å². The first-order chi connectivity index (χ1) is 8.75. The number of thiophene rings is 1. The number of aliphatic hydroxyl groups is 1. The molecule has 5 heteroatoms. The monoisotopic (exact) mass is 320 g/mol. The van der Waals surface area contributed by atoms with E-state index >= 15 is 0 Å². The second kappa shape index (κ2) is 4.76. The Morgan fingerprint density at radius 2 is 1.94 bits per heavy atom. The maximum atomic E-state index is 10.3. The van der Waals surface area contributed by atoms with Crippen molar-refractivity contribution in [3.05, 3.63) is 57.0 Å². The lowest BCUT2D eigenvalue weighted by molar-refractivity contribution is 0.215. The Kier molecular flexibility index (Phi) is 3.11. The Morgan fingerprint density at radius 1 is 1.17 bits per heavy atom. The Hall–Kier alpha value is -1.30. The van der Waals surface area contributed by atoms with E-state index in [0.717, 1.165) is 21.1 Å². The van der Waals surface area contributed by atoms with E-state index < -0.39 is 6.10 Å². The lowest BCUT2D eigenvalue weighted by Gasteiger charge is -2.09. The largest absolute Gasteiger partial charge is 0.382 e. The zero-order valence-electron chi connectivity index (χ0n) is 9.25. The zero-order valence-corrected chi connectivity index (χ0v) is 11.6. The predicted molar refractivity (Wildman–Crippen MR) is 75.6 cm³/mol. The van der Waals surface area contributed by atoms with Gasteiger partial charge in [-0.25, -0.2) is 4.98 Å². The number of hydrogen-bond acceptors (Lipinski definition) is 4. The highest BCUT2D eigenvalue weighted by Gasteiger charge is 2.16. The Bertz CT molecular complexity index is 698. The van der Waals surface area contributed by atoms with Gasteiger partial charge in [0, 0.05) is 15.4 Å². The van der Waals surface area contributed by atoms with Gasteiger partial charge in [-0.3, -0.25) is 4.98 Å². The molecule has 1 N–H and O–H groups in total. The van der Waals surface area contributed by atoms with Crippen molar-refractivity contribution < 1.29 is 5.11 Å². The van der Waals surface area contributed by atoms with Crippen LogP contribution in [-0.2, 0) is 0 Å². The number of aromatic nitrogens is 2. The average molecular weight is 321 g/mol. The predicted octanol–water partition coefficient (Wildman–Crippen LogP) is 3.54. The molecule has 1 unspecified atom stereocenters. The van der Waals surface area contributed by atoms with Gasteiger partial charge in [0.1, 0.15) is 6.10 Å². The van der Waals surface area contributed by atoms with E-state index in [1.54, 1.807) is 6.20 Å². The highest BCUT2D eigenvalue weighted by Crippen LogP contribution is 2.30. The van der Waals surface area contributed by atoms with Crippen LogP contribution < -0.4 is 0 Å². The highest BCUT2D eigenvalue weighted by molar-refractivity contribution is 9.10. The molecule has 0 bridgehead atoms. The molecular weight excluding hydrogens is 312 g/mol. The fourth-order valence-corrected chi connectivity index (χ4v) is 3.28. The van der Waals surface area contributed by atoms with Crippen LogP contribution in [0.1, 0.15) is 17.4 Å². The van der Waals surface area contributed by atoms with Crippen molar-refractivity contribution in [3.8, 4) is 0 Å². The minimum absolute atomic E-state index is 0.563. The molecule has 0 amide bonds. The van der Waals surface area contributed by atoms with Gasteiger partial charge < -0.3 is 5.11 Å². The molecule has 0 spiro atoms. The first-order valence-electron chi connectivity index (χ1n) is 5.37. The second-order valence-corrected chi connectivity index (χ2v) is 5.46. The minimum Gasteiger partial charge on any atom is -0.382 e. The molecule has 3 aromatic rings. The van der Waals surface area contributed by atoms with Crippen molar-refractivity contribution >= 4 is 38.3 Å². The molecule has 3 rings (SSSR count). The minimum atomic E-state index is -0.747. The van der Waals surface area contributed by atoms with E-state index in [1.807, 2.05) is 35.0 Å². The fourth-order valence-electron chi connectivity index (χ4n) is 1.75. The van der Waals surface area contributed by atoms with Gasteiger partial charge in [-0.2, -0.15) is 11.3 Å². The number of halogens is 1. The summed E-state index contributed by atoms with van der Waals surface area (Å²) >= 11 is 4.95. The lowest BCUT2D eigenvalue weighted by Crippen LogP contribution is -2.03. The van der Waals surface area contributed by atoms with Gasteiger partial charge in [0.2, 0.25) is 0 Å². The van der Waals surface area contributed by atoms with Gasteiger partial charge in [-0.15, -0.1) is 0 Å². The fraction of sp³-hybridized carbons (Fsp3) is 0.0769. The van der Waals surface area contributed by atoms with E-state index in [-0.39, 0.29) is 0 Å². The van der Waals surface area contributed by atoms with Crippen LogP contribution in [0.3, 0.4) is 0 Å². The molecule has 0 saturated carbocycles. The van der Waals surface area contributed by atoms with Crippen LogP contribution >= 0.6 is 27.3 Å². The maximum Gasteiger partial charge on any atom is 0.124 e. The van der Waals surface area contributed by atoms with Gasteiger partial charge in [-0.05, 0) is 33.4 Å². The van der Waals surface area contributed by atoms with Crippen LogP contribution in [0.5, 0.6) is 0 Å². The number of nitrogens with zero attached hydrogens (tertiary/aromatic N) is 2. The molecule has 18 heavy (non-hydrogen) atoms. The first kappa shape index (κ1) is 11.8. The molecule has 2 heterocycles. The van der Waals surface area contributed by atoms with Crippen molar-refractivity contribution in [2.75, 3.05) is 0 Å². The Balaban J connectivity index is 2.07. The summed E-state index contributed by atoms with van der Waals surface area (Å²) in [6, 6.07) is 7.62. The third-order valence-corrected chi connectivity index (χ3v) is 4.44. The maximum absolute atomic E-state index is 10.3. The molecule has 0 radical (unpaired) electrons. The zero-order chi connectivity index (χ0) is 12.5. The van der Waals surface area contributed by atoms with Gasteiger partial charge in [0.25, 0.3) is 0 Å². The average Bonchev–Trinajstić information content (AvgIpc) is 2.83. The Morgan fingerprint density at radius 3 is 2.67 bits per heavy atom. The molecule has 0 fully saturated rings. The molecular formula is C13H9BrN2OS. The van der Waals surface area contributed by atoms with Crippen LogP contribution in [0.25, 0.3) is 11.0 Å². The van der Waals surface area contributed by atoms with E-state index in [9.17, 15) is 5.11 Å². The summed E-state index contributed by atoms with van der Waals surface area (Å²) in [5, 5.41) is 14.1. The number of rotatable bonds is 2. The van der Waals surface area contributed by atoms with Crippen molar-refractivity contribution in [2.24, 2.45) is 0 Å². The highest BCUT2D eigenvalue weighted by atomic mass is 79.9. The van der Waals surface area contributed by atoms with Crippen molar-refractivity contribution in [1.82, 2.24) is 9.97 Å². The molecule has 0 aliphatic rings. The third-order valence-electron chi connectivity index (χ3n) is 2.68. The van der Waals surface area contributed by atoms with Gasteiger partial charge in [0.15, 0.2) is 0 Å². The van der Waals surface area contributed by atoms with Crippen molar-refractivity contribution in [1.29, 1.82) is 0 Å². The van der Waals surface area contributed by atoms with Crippen LogP contribution in [0.2, 0.25) is 0 Å². The first-order valence-corrected chi connectivity index (χ1v) is 7.10. The van der Waals surface area contributed by atoms with Crippen molar-refractivity contribution in [2.45, 2.75) is 6.10 Å². The molecule has 1 atom stereocenters. The van der Waals surface area contributed by atoms with Gasteiger partial charge in [-0.1, -0.05) is 12.1 Å². The summed E-state index contributed by atoms with van der Waals surface area (Å²) in [5.74, 6) is 0. The van der Waals surface area contributed by atoms with Crippen molar-refractivity contribution in [3.63, 3.8) is 0 Å². The molecule has 1 aromatic carbocycles. The summed E-state index contributed by atoms with van der Waals surface area (Å²) in [4.78, 5) is 8.75. The molecule has 0 aliphatic heterocycles. The molecule has 3 nitrogen and oxygen atoms in total. The summed E-state index contributed by atoms with van der Waals surface area (Å²) < 4.78 is 0.898. The molecule has 0 saturated heterocycles.